The van der Waals surface area contributed by atoms with E-state index < -0.39 is 18.6 Å². The third kappa shape index (κ3) is 5.30. The number of thioether (sulfide) groups is 1. The van der Waals surface area contributed by atoms with Gasteiger partial charge in [0.05, 0.1) is 18.5 Å². The van der Waals surface area contributed by atoms with Crippen LogP contribution in [0.2, 0.25) is 0 Å². The summed E-state index contributed by atoms with van der Waals surface area (Å²) in [6.45, 7) is 2.69. The van der Waals surface area contributed by atoms with Gasteiger partial charge in [-0.25, -0.2) is 0 Å². The molecule has 2 aliphatic heterocycles. The maximum atomic E-state index is 9.09. The first kappa shape index (κ1) is 21.9. The number of azide groups is 1. The van der Waals surface area contributed by atoms with Crippen molar-refractivity contribution in [2.45, 2.75) is 49.6 Å². The van der Waals surface area contributed by atoms with Crippen molar-refractivity contribution in [2.24, 2.45) is 5.11 Å². The van der Waals surface area contributed by atoms with E-state index in [1.165, 1.54) is 11.8 Å². The Hall–Kier alpha value is -2.32. The molecule has 31 heavy (non-hydrogen) atoms. The van der Waals surface area contributed by atoms with Crippen LogP contribution >= 0.6 is 11.8 Å². The van der Waals surface area contributed by atoms with Gasteiger partial charge in [0.2, 0.25) is 0 Å². The standard InChI is InChI=1S/C23H25N3O4S/c1-2-13-31-21-20(27-14-16-9-5-3-6-10-16)19-18(29-22(21)25-26-24)15-28-23(30-19)17-11-7-4-8-12-17/h2-13,18-23H,14-15H2,1H3/b13-2+/t18?,19-,20?,21?,22+,23?/m1/s1. The number of hydrogen-bond donors (Lipinski definition) is 0. The molecule has 2 heterocycles. The summed E-state index contributed by atoms with van der Waals surface area (Å²) in [5.74, 6) is 0. The molecule has 0 bridgehead atoms. The molecule has 0 aromatic heterocycles. The van der Waals surface area contributed by atoms with Gasteiger partial charge in [-0.3, -0.25) is 0 Å². The highest BCUT2D eigenvalue weighted by Crippen LogP contribution is 2.40. The van der Waals surface area contributed by atoms with Gasteiger partial charge >= 0.3 is 0 Å². The molecule has 0 amide bonds. The van der Waals surface area contributed by atoms with Crippen LogP contribution in [0.25, 0.3) is 10.4 Å². The minimum Gasteiger partial charge on any atom is -0.369 e. The van der Waals surface area contributed by atoms with E-state index in [0.29, 0.717) is 13.2 Å². The van der Waals surface area contributed by atoms with Gasteiger partial charge in [0, 0.05) is 10.5 Å². The van der Waals surface area contributed by atoms with E-state index in [1.807, 2.05) is 79.1 Å². The lowest BCUT2D eigenvalue weighted by Crippen LogP contribution is -2.60. The fourth-order valence-corrected chi connectivity index (χ4v) is 4.74. The zero-order valence-corrected chi connectivity index (χ0v) is 18.0. The molecule has 7 nitrogen and oxygen atoms in total. The van der Waals surface area contributed by atoms with Crippen molar-refractivity contribution in [3.8, 4) is 0 Å². The molecule has 0 radical (unpaired) electrons. The summed E-state index contributed by atoms with van der Waals surface area (Å²) in [6, 6.07) is 19.8. The van der Waals surface area contributed by atoms with E-state index in [-0.39, 0.29) is 17.5 Å². The summed E-state index contributed by atoms with van der Waals surface area (Å²) in [5, 5.41) is 5.61. The third-order valence-corrected chi connectivity index (χ3v) is 6.44. The van der Waals surface area contributed by atoms with E-state index in [4.69, 9.17) is 24.5 Å². The molecular weight excluding hydrogens is 414 g/mol. The first-order valence-electron chi connectivity index (χ1n) is 10.2. The number of ether oxygens (including phenoxy) is 4. The van der Waals surface area contributed by atoms with Crippen LogP contribution in [0.4, 0.5) is 0 Å². The molecule has 2 aromatic carbocycles. The van der Waals surface area contributed by atoms with Crippen LogP contribution in [0.1, 0.15) is 24.3 Å². The summed E-state index contributed by atoms with van der Waals surface area (Å²) < 4.78 is 24.8. The van der Waals surface area contributed by atoms with E-state index in [9.17, 15) is 0 Å². The Kier molecular flexibility index (Phi) is 7.64. The van der Waals surface area contributed by atoms with Gasteiger partial charge in [0.1, 0.15) is 18.3 Å². The topological polar surface area (TPSA) is 85.7 Å². The van der Waals surface area contributed by atoms with Crippen LogP contribution in [-0.4, -0.2) is 36.4 Å². The molecular formula is C23H25N3O4S. The number of hydrogen-bond acceptors (Lipinski definition) is 6. The summed E-state index contributed by atoms with van der Waals surface area (Å²) >= 11 is 1.53. The quantitative estimate of drug-likeness (QED) is 0.329. The van der Waals surface area contributed by atoms with Crippen molar-refractivity contribution in [2.75, 3.05) is 6.61 Å². The Labute approximate surface area is 186 Å². The highest BCUT2D eigenvalue weighted by atomic mass is 32.2. The Morgan fingerprint density at radius 3 is 2.58 bits per heavy atom. The number of benzene rings is 2. The monoisotopic (exact) mass is 439 g/mol. The molecule has 2 fully saturated rings. The largest absolute Gasteiger partial charge is 0.369 e. The van der Waals surface area contributed by atoms with Crippen LogP contribution in [0.5, 0.6) is 0 Å². The summed E-state index contributed by atoms with van der Waals surface area (Å²) in [6.07, 6.45) is -0.360. The van der Waals surface area contributed by atoms with Crippen LogP contribution in [0.15, 0.2) is 77.3 Å². The highest BCUT2D eigenvalue weighted by molar-refractivity contribution is 8.02. The molecule has 0 spiro atoms. The smallest absolute Gasteiger partial charge is 0.184 e. The highest BCUT2D eigenvalue weighted by Gasteiger charge is 2.50. The molecule has 2 aliphatic rings. The number of allylic oxidation sites excluding steroid dienone is 1. The number of fused-ring (bicyclic) bond motifs is 1. The summed E-state index contributed by atoms with van der Waals surface area (Å²) in [7, 11) is 0. The van der Waals surface area contributed by atoms with Gasteiger partial charge < -0.3 is 18.9 Å². The Balaban J connectivity index is 1.60. The van der Waals surface area contributed by atoms with Crippen molar-refractivity contribution in [3.05, 3.63) is 93.7 Å². The van der Waals surface area contributed by atoms with Crippen LogP contribution in [0.3, 0.4) is 0 Å². The van der Waals surface area contributed by atoms with Crippen molar-refractivity contribution >= 4 is 11.8 Å². The normalized spacial score (nSPS) is 30.5. The molecule has 0 aliphatic carbocycles. The SMILES string of the molecule is C/C=C/SC1C(OCc2ccccc2)[C@@H]2OC(c3ccccc3)OCC2O[C@@H]1N=[N+]=[N-]. The van der Waals surface area contributed by atoms with Crippen molar-refractivity contribution < 1.29 is 18.9 Å². The molecule has 0 N–H and O–H groups in total. The summed E-state index contributed by atoms with van der Waals surface area (Å²) in [4.78, 5) is 3.00. The van der Waals surface area contributed by atoms with Gasteiger partial charge in [-0.05, 0) is 23.4 Å². The second-order valence-corrected chi connectivity index (χ2v) is 8.37. The molecule has 8 heteroatoms. The van der Waals surface area contributed by atoms with Gasteiger partial charge in [-0.2, -0.15) is 0 Å². The van der Waals surface area contributed by atoms with Gasteiger partial charge in [-0.15, -0.1) is 11.8 Å². The van der Waals surface area contributed by atoms with Crippen molar-refractivity contribution in [3.63, 3.8) is 0 Å². The minimum absolute atomic E-state index is 0.258. The fourth-order valence-electron chi connectivity index (χ4n) is 3.76. The molecule has 6 atom stereocenters. The maximum Gasteiger partial charge on any atom is 0.184 e. The van der Waals surface area contributed by atoms with Crippen LogP contribution < -0.4 is 0 Å². The summed E-state index contributed by atoms with van der Waals surface area (Å²) in [5.41, 5.74) is 11.1. The predicted octanol–water partition coefficient (Wildman–Crippen LogP) is 5.36. The molecule has 4 rings (SSSR count). The van der Waals surface area contributed by atoms with E-state index >= 15 is 0 Å². The minimum atomic E-state index is -0.686. The Morgan fingerprint density at radius 2 is 1.87 bits per heavy atom. The van der Waals surface area contributed by atoms with E-state index in [1.54, 1.807) is 0 Å². The lowest BCUT2D eigenvalue weighted by atomic mass is 9.98. The lowest BCUT2D eigenvalue weighted by molar-refractivity contribution is -0.313. The maximum absolute atomic E-state index is 9.09. The second kappa shape index (κ2) is 10.8. The van der Waals surface area contributed by atoms with Crippen LogP contribution in [0, 0.1) is 0 Å². The average molecular weight is 440 g/mol. The van der Waals surface area contributed by atoms with Gasteiger partial charge in [0.15, 0.2) is 12.5 Å². The average Bonchev–Trinajstić information content (AvgIpc) is 2.82. The third-order valence-electron chi connectivity index (χ3n) is 5.20. The van der Waals surface area contributed by atoms with Gasteiger partial charge in [-0.1, -0.05) is 71.9 Å². The Bertz CT molecular complexity index is 908. The predicted molar refractivity (Wildman–Crippen MR) is 119 cm³/mol. The molecule has 2 aromatic rings. The zero-order chi connectivity index (χ0) is 21.5. The molecule has 0 saturated carbocycles. The first-order chi connectivity index (χ1) is 15.3. The molecule has 162 valence electrons. The number of nitrogens with zero attached hydrogens (tertiary/aromatic N) is 3. The number of rotatable bonds is 7. The van der Waals surface area contributed by atoms with Crippen molar-refractivity contribution in [1.82, 2.24) is 0 Å². The van der Waals surface area contributed by atoms with Crippen LogP contribution in [-0.2, 0) is 25.6 Å². The second-order valence-electron chi connectivity index (χ2n) is 7.28. The van der Waals surface area contributed by atoms with E-state index in [2.05, 4.69) is 10.0 Å². The zero-order valence-electron chi connectivity index (χ0n) is 17.2. The Morgan fingerprint density at radius 1 is 1.13 bits per heavy atom. The molecule has 4 unspecified atom stereocenters. The first-order valence-corrected chi connectivity index (χ1v) is 11.2. The van der Waals surface area contributed by atoms with Gasteiger partial charge in [0.25, 0.3) is 0 Å². The lowest BCUT2D eigenvalue weighted by Gasteiger charge is -2.48. The van der Waals surface area contributed by atoms with E-state index in [0.717, 1.165) is 11.1 Å². The van der Waals surface area contributed by atoms with Crippen molar-refractivity contribution in [1.29, 1.82) is 0 Å². The molecule has 2 saturated heterocycles. The fraction of sp³-hybridized carbons (Fsp3) is 0.391.